The van der Waals surface area contributed by atoms with Gasteiger partial charge in [-0.1, -0.05) is 29.3 Å². The number of carboxylic acids is 1. The van der Waals surface area contributed by atoms with Crippen LogP contribution in [0.1, 0.15) is 15.9 Å². The van der Waals surface area contributed by atoms with Gasteiger partial charge in [-0.3, -0.25) is 0 Å². The Morgan fingerprint density at radius 2 is 1.80 bits per heavy atom. The lowest BCUT2D eigenvalue weighted by Gasteiger charge is -2.08. The topological polar surface area (TPSA) is 49.3 Å². The first-order chi connectivity index (χ1) is 9.45. The van der Waals surface area contributed by atoms with Crippen LogP contribution in [0.3, 0.4) is 0 Å². The fourth-order valence-electron chi connectivity index (χ4n) is 1.70. The van der Waals surface area contributed by atoms with Gasteiger partial charge in [0.25, 0.3) is 0 Å². The van der Waals surface area contributed by atoms with Gasteiger partial charge in [-0.05, 0) is 35.9 Å². The van der Waals surface area contributed by atoms with Crippen LogP contribution < -0.4 is 5.32 Å². The second kappa shape index (κ2) is 6.11. The molecule has 20 heavy (non-hydrogen) atoms. The van der Waals surface area contributed by atoms with Crippen molar-refractivity contribution >= 4 is 34.9 Å². The van der Waals surface area contributed by atoms with Crippen molar-refractivity contribution in [2.75, 3.05) is 5.32 Å². The van der Waals surface area contributed by atoms with E-state index in [4.69, 9.17) is 28.3 Å². The van der Waals surface area contributed by atoms with E-state index < -0.39 is 11.8 Å². The van der Waals surface area contributed by atoms with E-state index in [2.05, 4.69) is 5.32 Å². The molecule has 0 unspecified atom stereocenters. The van der Waals surface area contributed by atoms with Crippen molar-refractivity contribution in [2.45, 2.75) is 6.54 Å². The Balaban J connectivity index is 2.11. The summed E-state index contributed by atoms with van der Waals surface area (Å²) in [5, 5.41) is 12.8. The van der Waals surface area contributed by atoms with Gasteiger partial charge in [-0.25, -0.2) is 9.18 Å². The molecular weight excluding hydrogens is 304 g/mol. The molecule has 0 saturated carbocycles. The molecule has 0 atom stereocenters. The van der Waals surface area contributed by atoms with Gasteiger partial charge in [-0.15, -0.1) is 0 Å². The number of rotatable bonds is 4. The first-order valence-corrected chi connectivity index (χ1v) is 6.43. The lowest BCUT2D eigenvalue weighted by Crippen LogP contribution is -2.04. The summed E-state index contributed by atoms with van der Waals surface area (Å²) >= 11 is 11.7. The SMILES string of the molecule is O=C(O)c1ccc(CNc2cc(Cl)cc(Cl)c2)cc1F. The average Bonchev–Trinajstić information content (AvgIpc) is 2.35. The van der Waals surface area contributed by atoms with Crippen LogP contribution in [0.5, 0.6) is 0 Å². The molecule has 2 N–H and O–H groups in total. The van der Waals surface area contributed by atoms with Crippen LogP contribution in [0.2, 0.25) is 10.0 Å². The summed E-state index contributed by atoms with van der Waals surface area (Å²) in [5.74, 6) is -2.05. The van der Waals surface area contributed by atoms with E-state index >= 15 is 0 Å². The molecule has 0 aromatic heterocycles. The van der Waals surface area contributed by atoms with Crippen molar-refractivity contribution in [3.63, 3.8) is 0 Å². The predicted molar refractivity (Wildman–Crippen MR) is 77.1 cm³/mol. The van der Waals surface area contributed by atoms with Gasteiger partial charge in [0.1, 0.15) is 5.82 Å². The Morgan fingerprint density at radius 3 is 2.35 bits per heavy atom. The second-order valence-electron chi connectivity index (χ2n) is 4.13. The van der Waals surface area contributed by atoms with Crippen LogP contribution in [0.25, 0.3) is 0 Å². The van der Waals surface area contributed by atoms with Gasteiger partial charge in [0, 0.05) is 22.3 Å². The first-order valence-electron chi connectivity index (χ1n) is 5.67. The minimum Gasteiger partial charge on any atom is -0.478 e. The maximum absolute atomic E-state index is 13.5. The molecule has 0 radical (unpaired) electrons. The van der Waals surface area contributed by atoms with E-state index in [-0.39, 0.29) is 5.56 Å². The highest BCUT2D eigenvalue weighted by Gasteiger charge is 2.10. The van der Waals surface area contributed by atoms with Crippen LogP contribution in [0.4, 0.5) is 10.1 Å². The van der Waals surface area contributed by atoms with Gasteiger partial charge in [0.15, 0.2) is 0 Å². The van der Waals surface area contributed by atoms with E-state index in [0.717, 1.165) is 0 Å². The molecule has 2 aromatic carbocycles. The summed E-state index contributed by atoms with van der Waals surface area (Å²) in [6.45, 7) is 0.327. The van der Waals surface area contributed by atoms with E-state index in [1.54, 1.807) is 24.3 Å². The highest BCUT2D eigenvalue weighted by molar-refractivity contribution is 6.35. The maximum atomic E-state index is 13.5. The maximum Gasteiger partial charge on any atom is 0.338 e. The third-order valence-electron chi connectivity index (χ3n) is 2.62. The molecule has 6 heteroatoms. The van der Waals surface area contributed by atoms with Crippen molar-refractivity contribution in [2.24, 2.45) is 0 Å². The molecule has 2 aromatic rings. The second-order valence-corrected chi connectivity index (χ2v) is 5.00. The standard InChI is InChI=1S/C14H10Cl2FNO2/c15-9-4-10(16)6-11(5-9)18-7-8-1-2-12(14(19)20)13(17)3-8/h1-6,18H,7H2,(H,19,20). The van der Waals surface area contributed by atoms with E-state index in [9.17, 15) is 9.18 Å². The van der Waals surface area contributed by atoms with Crippen LogP contribution >= 0.6 is 23.2 Å². The van der Waals surface area contributed by atoms with E-state index in [0.29, 0.717) is 27.8 Å². The lowest BCUT2D eigenvalue weighted by atomic mass is 10.1. The van der Waals surface area contributed by atoms with Gasteiger partial charge in [0.2, 0.25) is 0 Å². The Labute approximate surface area is 124 Å². The van der Waals surface area contributed by atoms with Crippen molar-refractivity contribution in [1.29, 1.82) is 0 Å². The first kappa shape index (κ1) is 14.6. The number of anilines is 1. The Hall–Kier alpha value is -1.78. The number of carbonyl (C=O) groups is 1. The lowest BCUT2D eigenvalue weighted by molar-refractivity contribution is 0.0692. The highest BCUT2D eigenvalue weighted by Crippen LogP contribution is 2.23. The van der Waals surface area contributed by atoms with Crippen molar-refractivity contribution in [1.82, 2.24) is 0 Å². The van der Waals surface area contributed by atoms with Crippen LogP contribution in [-0.4, -0.2) is 11.1 Å². The number of nitrogens with one attached hydrogen (secondary N) is 1. The molecule has 2 rings (SSSR count). The van der Waals surface area contributed by atoms with E-state index in [1.807, 2.05) is 0 Å². The summed E-state index contributed by atoms with van der Waals surface area (Å²) in [6.07, 6.45) is 0. The molecule has 0 fully saturated rings. The molecule has 0 aliphatic heterocycles. The normalized spacial score (nSPS) is 10.3. The van der Waals surface area contributed by atoms with Crippen LogP contribution in [0, 0.1) is 5.82 Å². The number of halogens is 3. The predicted octanol–water partition coefficient (Wildman–Crippen LogP) is 4.44. The molecule has 0 heterocycles. The molecular formula is C14H10Cl2FNO2. The third kappa shape index (κ3) is 3.62. The number of hydrogen-bond donors (Lipinski definition) is 2. The van der Waals surface area contributed by atoms with Crippen LogP contribution in [0.15, 0.2) is 36.4 Å². The zero-order valence-electron chi connectivity index (χ0n) is 10.2. The summed E-state index contributed by atoms with van der Waals surface area (Å²) in [4.78, 5) is 10.7. The smallest absolute Gasteiger partial charge is 0.338 e. The van der Waals surface area contributed by atoms with Gasteiger partial charge >= 0.3 is 5.97 Å². The molecule has 0 aliphatic rings. The Kier molecular flexibility index (Phi) is 4.47. The largest absolute Gasteiger partial charge is 0.478 e. The fourth-order valence-corrected chi connectivity index (χ4v) is 2.23. The molecule has 104 valence electrons. The highest BCUT2D eigenvalue weighted by atomic mass is 35.5. The van der Waals surface area contributed by atoms with Crippen molar-refractivity contribution in [3.8, 4) is 0 Å². The van der Waals surface area contributed by atoms with Gasteiger partial charge in [-0.2, -0.15) is 0 Å². The zero-order valence-corrected chi connectivity index (χ0v) is 11.7. The number of aromatic carboxylic acids is 1. The van der Waals surface area contributed by atoms with E-state index in [1.165, 1.54) is 12.1 Å². The fraction of sp³-hybridized carbons (Fsp3) is 0.0714. The molecule has 3 nitrogen and oxygen atoms in total. The minimum absolute atomic E-state index is 0.327. The Morgan fingerprint density at radius 1 is 1.15 bits per heavy atom. The molecule has 0 spiro atoms. The molecule has 0 bridgehead atoms. The van der Waals surface area contributed by atoms with Crippen molar-refractivity contribution < 1.29 is 14.3 Å². The number of benzene rings is 2. The van der Waals surface area contributed by atoms with Crippen LogP contribution in [-0.2, 0) is 6.54 Å². The summed E-state index contributed by atoms with van der Waals surface area (Å²) in [7, 11) is 0. The Bertz CT molecular complexity index is 641. The summed E-state index contributed by atoms with van der Waals surface area (Å²) in [6, 6.07) is 8.95. The molecule has 0 aliphatic carbocycles. The van der Waals surface area contributed by atoms with Gasteiger partial charge in [0.05, 0.1) is 5.56 Å². The number of carboxylic acid groups (broad SMARTS) is 1. The van der Waals surface area contributed by atoms with Gasteiger partial charge < -0.3 is 10.4 Å². The third-order valence-corrected chi connectivity index (χ3v) is 3.06. The summed E-state index contributed by atoms with van der Waals surface area (Å²) < 4.78 is 13.5. The molecule has 0 amide bonds. The van der Waals surface area contributed by atoms with Crippen molar-refractivity contribution in [3.05, 3.63) is 63.4 Å². The molecule has 0 saturated heterocycles. The average molecular weight is 314 g/mol. The quantitative estimate of drug-likeness (QED) is 0.877. The number of hydrogen-bond acceptors (Lipinski definition) is 2. The summed E-state index contributed by atoms with van der Waals surface area (Å²) in [5.41, 5.74) is 0.966. The minimum atomic E-state index is -1.29. The monoisotopic (exact) mass is 313 g/mol. The zero-order chi connectivity index (χ0) is 14.7.